The summed E-state index contributed by atoms with van der Waals surface area (Å²) >= 11 is 6.48. The number of hydrogen-bond acceptors (Lipinski definition) is 6. The SMILES string of the molecule is C=S1(=O)NC(=O)c2ccc3c(c2)N(C[C@@H]2CC[C@H]2[C@@](CN2CCC=C(F)C2)(OC)/C=C/C[C@H](C)[C@H]1C)C[C@@]1(CCCc2cc(Cl)ccc21)CO3. The molecule has 7 nitrogen and oxygen atoms in total. The molecule has 0 saturated heterocycles. The number of allylic oxidation sites excluding steroid dienone is 1. The molecule has 3 heterocycles. The summed E-state index contributed by atoms with van der Waals surface area (Å²) in [7, 11) is -1.19. The van der Waals surface area contributed by atoms with Gasteiger partial charge in [0.15, 0.2) is 0 Å². The Morgan fingerprint density at radius 1 is 1.20 bits per heavy atom. The molecule has 1 amide bonds. The third kappa shape index (κ3) is 6.75. The number of rotatable bonds is 3. The molecule has 2 aromatic rings. The van der Waals surface area contributed by atoms with Crippen molar-refractivity contribution in [3.63, 3.8) is 0 Å². The molecule has 1 saturated carbocycles. The first kappa shape index (κ1) is 35.5. The number of benzene rings is 2. The van der Waals surface area contributed by atoms with E-state index in [1.165, 1.54) is 11.1 Å². The van der Waals surface area contributed by atoms with Crippen molar-refractivity contribution in [3.05, 3.63) is 82.2 Å². The quantitative estimate of drug-likeness (QED) is 0.269. The number of hydrogen-bond donors (Lipinski definition) is 1. The van der Waals surface area contributed by atoms with E-state index in [-0.39, 0.29) is 28.3 Å². The molecule has 2 bridgehead atoms. The lowest BCUT2D eigenvalue weighted by Crippen LogP contribution is -2.57. The molecule has 50 heavy (non-hydrogen) atoms. The molecule has 10 heteroatoms. The van der Waals surface area contributed by atoms with E-state index in [0.717, 1.165) is 68.2 Å². The number of carbonyl (C=O) groups excluding carboxylic acids is 1. The summed E-state index contributed by atoms with van der Waals surface area (Å²) < 4.78 is 44.6. The second-order valence-electron chi connectivity index (χ2n) is 15.5. The van der Waals surface area contributed by atoms with Gasteiger partial charge in [-0.3, -0.25) is 14.4 Å². The van der Waals surface area contributed by atoms with Gasteiger partial charge in [-0.05, 0) is 117 Å². The molecule has 1 unspecified atom stereocenters. The van der Waals surface area contributed by atoms with Crippen LogP contribution in [0.15, 0.2) is 60.5 Å². The summed E-state index contributed by atoms with van der Waals surface area (Å²) in [4.78, 5) is 18.4. The van der Waals surface area contributed by atoms with Crippen LogP contribution in [0.25, 0.3) is 0 Å². The summed E-state index contributed by atoms with van der Waals surface area (Å²) in [6.45, 7) is 7.61. The van der Waals surface area contributed by atoms with Gasteiger partial charge in [0.05, 0.1) is 28.5 Å². The molecule has 7 atom stereocenters. The Bertz CT molecular complexity index is 1800. The lowest BCUT2D eigenvalue weighted by atomic mass is 9.63. The molecule has 5 aliphatic rings. The van der Waals surface area contributed by atoms with Crippen molar-refractivity contribution >= 4 is 38.8 Å². The van der Waals surface area contributed by atoms with Crippen molar-refractivity contribution in [1.82, 2.24) is 9.62 Å². The fourth-order valence-electron chi connectivity index (χ4n) is 9.15. The first-order valence-electron chi connectivity index (χ1n) is 18.2. The molecule has 7 rings (SSSR count). The number of nitrogens with zero attached hydrogens (tertiary/aromatic N) is 2. The zero-order valence-electron chi connectivity index (χ0n) is 29.6. The number of aryl methyl sites for hydroxylation is 1. The van der Waals surface area contributed by atoms with Gasteiger partial charge < -0.3 is 14.4 Å². The lowest BCUT2D eigenvalue weighted by Gasteiger charge is -2.52. The van der Waals surface area contributed by atoms with Crippen LogP contribution in [0.2, 0.25) is 5.02 Å². The minimum Gasteiger partial charge on any atom is -0.490 e. The van der Waals surface area contributed by atoms with E-state index < -0.39 is 21.2 Å². The molecule has 2 aromatic carbocycles. The zero-order valence-corrected chi connectivity index (χ0v) is 31.2. The lowest BCUT2D eigenvalue weighted by molar-refractivity contribution is -0.0913. The molecule has 1 spiro atoms. The van der Waals surface area contributed by atoms with Crippen LogP contribution < -0.4 is 14.4 Å². The third-order valence-electron chi connectivity index (χ3n) is 12.4. The van der Waals surface area contributed by atoms with Crippen molar-refractivity contribution in [1.29, 1.82) is 0 Å². The molecule has 270 valence electrons. The number of anilines is 1. The Balaban J connectivity index is 1.32. The minimum absolute atomic E-state index is 0.0213. The second-order valence-corrected chi connectivity index (χ2v) is 18.4. The van der Waals surface area contributed by atoms with Gasteiger partial charge >= 0.3 is 0 Å². The maximum absolute atomic E-state index is 14.6. The number of nitrogens with one attached hydrogen (secondary N) is 1. The van der Waals surface area contributed by atoms with Gasteiger partial charge in [0.1, 0.15) is 17.2 Å². The maximum Gasteiger partial charge on any atom is 0.262 e. The van der Waals surface area contributed by atoms with E-state index in [1.54, 1.807) is 19.3 Å². The summed E-state index contributed by atoms with van der Waals surface area (Å²) in [5, 5.41) is 0.370. The van der Waals surface area contributed by atoms with E-state index >= 15 is 0 Å². The number of carbonyl (C=O) groups is 1. The van der Waals surface area contributed by atoms with Crippen LogP contribution in [0.5, 0.6) is 5.75 Å². The summed E-state index contributed by atoms with van der Waals surface area (Å²) in [6, 6.07) is 11.8. The van der Waals surface area contributed by atoms with Crippen molar-refractivity contribution in [2.24, 2.45) is 17.8 Å². The fourth-order valence-corrected chi connectivity index (χ4v) is 10.8. The van der Waals surface area contributed by atoms with Crippen LogP contribution in [0.3, 0.4) is 0 Å². The maximum atomic E-state index is 14.6. The molecule has 3 aliphatic heterocycles. The smallest absolute Gasteiger partial charge is 0.262 e. The Kier molecular flexibility index (Phi) is 9.91. The Morgan fingerprint density at radius 2 is 2.04 bits per heavy atom. The molecule has 0 radical (unpaired) electrons. The molecular formula is C40H51ClFN3O4S. The Morgan fingerprint density at radius 3 is 2.80 bits per heavy atom. The summed E-state index contributed by atoms with van der Waals surface area (Å²) in [5.74, 6) is 4.75. The highest BCUT2D eigenvalue weighted by Crippen LogP contribution is 2.49. The van der Waals surface area contributed by atoms with Crippen LogP contribution in [0.1, 0.15) is 73.9 Å². The van der Waals surface area contributed by atoms with Crippen LogP contribution in [0.4, 0.5) is 10.1 Å². The van der Waals surface area contributed by atoms with Crippen molar-refractivity contribution in [2.75, 3.05) is 51.3 Å². The molecule has 2 aliphatic carbocycles. The number of methoxy groups -OCH3 is 1. The van der Waals surface area contributed by atoms with Crippen molar-refractivity contribution in [3.8, 4) is 5.75 Å². The standard InChI is InChI=1S/C40H51ClFN3O4S/c1-27-8-5-18-40(48-3,25-44-19-7-10-33(42)23-44)35-14-11-31(35)22-45-24-39(17-6-9-29-20-32(41)13-15-34(29)39)26-49-37-16-12-30(21-36(37)45)38(46)43-50(4,47)28(27)2/h5,10,12-13,15-16,18,20-21,27-28,31,35H,4,6-9,11,14,17,19,22-26H2,1-3H3,(H,43,46,47)/b18-5+/t27-,28+,31-,35+,39-,40+,50?/m0/s1. The number of amides is 1. The average Bonchev–Trinajstić information content (AvgIpc) is 3.22. The number of halogens is 2. The van der Waals surface area contributed by atoms with Crippen LogP contribution in [-0.2, 0) is 26.3 Å². The average molecular weight is 724 g/mol. The first-order valence-corrected chi connectivity index (χ1v) is 20.4. The Hall–Kier alpha value is -2.85. The zero-order chi connectivity index (χ0) is 35.3. The largest absolute Gasteiger partial charge is 0.490 e. The highest BCUT2D eigenvalue weighted by molar-refractivity contribution is 7.99. The minimum atomic E-state index is -2.98. The van der Waals surface area contributed by atoms with E-state index in [0.29, 0.717) is 44.0 Å². The van der Waals surface area contributed by atoms with Gasteiger partial charge in [-0.1, -0.05) is 42.8 Å². The van der Waals surface area contributed by atoms with Gasteiger partial charge in [-0.25, -0.2) is 8.60 Å². The van der Waals surface area contributed by atoms with E-state index in [9.17, 15) is 13.4 Å². The summed E-state index contributed by atoms with van der Waals surface area (Å²) in [6.07, 6.45) is 12.4. The predicted octanol–water partition coefficient (Wildman–Crippen LogP) is 7.13. The van der Waals surface area contributed by atoms with Crippen molar-refractivity contribution < 1.29 is 22.9 Å². The van der Waals surface area contributed by atoms with Crippen LogP contribution in [-0.4, -0.2) is 78.2 Å². The Labute approximate surface area is 302 Å². The summed E-state index contributed by atoms with van der Waals surface area (Å²) in [5.41, 5.74) is 2.97. The molecule has 1 fully saturated rings. The van der Waals surface area contributed by atoms with Gasteiger partial charge in [0.25, 0.3) is 5.91 Å². The monoisotopic (exact) mass is 723 g/mol. The van der Waals surface area contributed by atoms with E-state index in [2.05, 4.69) is 44.7 Å². The third-order valence-corrected chi connectivity index (χ3v) is 14.8. The first-order chi connectivity index (χ1) is 23.9. The van der Waals surface area contributed by atoms with Gasteiger partial charge in [-0.15, -0.1) is 0 Å². The molecular weight excluding hydrogens is 673 g/mol. The number of fused-ring (bicyclic) bond motifs is 4. The normalized spacial score (nSPS) is 35.4. The predicted molar refractivity (Wildman–Crippen MR) is 202 cm³/mol. The number of ether oxygens (including phenoxy) is 2. The topological polar surface area (TPSA) is 71.1 Å². The second kappa shape index (κ2) is 13.9. The fraction of sp³-hybridized carbons (Fsp3) is 0.550. The van der Waals surface area contributed by atoms with Gasteiger partial charge in [0, 0.05) is 54.5 Å². The van der Waals surface area contributed by atoms with Crippen molar-refractivity contribution in [2.45, 2.75) is 75.1 Å². The molecule has 0 aromatic heterocycles. The van der Waals surface area contributed by atoms with Crippen LogP contribution >= 0.6 is 11.6 Å². The highest BCUT2D eigenvalue weighted by atomic mass is 35.5. The van der Waals surface area contributed by atoms with Gasteiger partial charge in [-0.2, -0.15) is 0 Å². The molecule has 1 N–H and O–H groups in total. The van der Waals surface area contributed by atoms with Crippen LogP contribution in [0, 0.1) is 17.8 Å². The van der Waals surface area contributed by atoms with E-state index in [4.69, 9.17) is 21.1 Å². The van der Waals surface area contributed by atoms with E-state index in [1.807, 2.05) is 32.0 Å². The highest BCUT2D eigenvalue weighted by Gasteiger charge is 2.50. The van der Waals surface area contributed by atoms with Gasteiger partial charge in [0.2, 0.25) is 0 Å².